The molecule has 5 nitrogen and oxygen atoms in total. The van der Waals surface area contributed by atoms with Crippen LogP contribution in [0.25, 0.3) is 10.8 Å². The van der Waals surface area contributed by atoms with Crippen LogP contribution in [0.2, 0.25) is 0 Å². The molecule has 0 unspecified atom stereocenters. The Morgan fingerprint density at radius 2 is 1.75 bits per heavy atom. The topological polar surface area (TPSA) is 57.7 Å². The van der Waals surface area contributed by atoms with Gasteiger partial charge < -0.3 is 4.90 Å². The fraction of sp³-hybridized carbons (Fsp3) is 0.389. The predicted molar refractivity (Wildman–Crippen MR) is 95.6 cm³/mol. The molecule has 0 aliphatic carbocycles. The maximum atomic E-state index is 12.8. The molecule has 0 radical (unpaired) electrons. The minimum atomic E-state index is -3.52. The van der Waals surface area contributed by atoms with E-state index in [2.05, 4.69) is 0 Å². The Kier molecular flexibility index (Phi) is 4.49. The van der Waals surface area contributed by atoms with Gasteiger partial charge in [0, 0.05) is 31.4 Å². The van der Waals surface area contributed by atoms with Gasteiger partial charge in [-0.1, -0.05) is 24.3 Å². The van der Waals surface area contributed by atoms with Gasteiger partial charge in [-0.3, -0.25) is 9.10 Å². The highest BCUT2D eigenvalue weighted by Gasteiger charge is 2.35. The number of hydrogen-bond donors (Lipinski definition) is 0. The molecule has 2 aromatic rings. The van der Waals surface area contributed by atoms with Crippen molar-refractivity contribution >= 4 is 32.4 Å². The summed E-state index contributed by atoms with van der Waals surface area (Å²) in [6.45, 7) is 5.58. The molecule has 1 aliphatic heterocycles. The highest BCUT2D eigenvalue weighted by Crippen LogP contribution is 2.41. The zero-order valence-electron chi connectivity index (χ0n) is 14.0. The molecule has 0 fully saturated rings. The predicted octanol–water partition coefficient (Wildman–Crippen LogP) is 3.00. The number of anilines is 1. The highest BCUT2D eigenvalue weighted by atomic mass is 32.2. The summed E-state index contributed by atoms with van der Waals surface area (Å²) in [6.07, 6.45) is 0.874. The van der Waals surface area contributed by atoms with Gasteiger partial charge in [0.05, 0.1) is 10.6 Å². The molecule has 1 heterocycles. The van der Waals surface area contributed by atoms with Gasteiger partial charge >= 0.3 is 0 Å². The van der Waals surface area contributed by atoms with Gasteiger partial charge in [-0.2, -0.15) is 0 Å². The molecule has 0 bridgehead atoms. The smallest absolute Gasteiger partial charge is 0.265 e. The summed E-state index contributed by atoms with van der Waals surface area (Å²) in [4.78, 5) is 14.2. The first-order valence-electron chi connectivity index (χ1n) is 8.33. The third-order valence-electron chi connectivity index (χ3n) is 4.55. The van der Waals surface area contributed by atoms with Crippen LogP contribution in [0.4, 0.5) is 5.69 Å². The summed E-state index contributed by atoms with van der Waals surface area (Å²) in [5.41, 5.74) is 0.721. The molecule has 2 aromatic carbocycles. The molecule has 1 aliphatic rings. The average Bonchev–Trinajstić information content (AvgIpc) is 2.79. The van der Waals surface area contributed by atoms with Gasteiger partial charge in [-0.15, -0.1) is 0 Å². The lowest BCUT2D eigenvalue weighted by Gasteiger charge is -2.21. The van der Waals surface area contributed by atoms with Crippen molar-refractivity contribution in [3.05, 3.63) is 36.4 Å². The molecular formula is C18H22N2O3S. The summed E-state index contributed by atoms with van der Waals surface area (Å²) in [7, 11) is -3.52. The molecule has 3 rings (SSSR count). The van der Waals surface area contributed by atoms with E-state index >= 15 is 0 Å². The minimum Gasteiger partial charge on any atom is -0.343 e. The van der Waals surface area contributed by atoms with Crippen molar-refractivity contribution in [2.24, 2.45) is 0 Å². The van der Waals surface area contributed by atoms with Crippen LogP contribution in [0.15, 0.2) is 41.3 Å². The van der Waals surface area contributed by atoms with Gasteiger partial charge in [0.25, 0.3) is 10.0 Å². The number of rotatable bonds is 6. The van der Waals surface area contributed by atoms with Crippen LogP contribution in [0.1, 0.15) is 26.7 Å². The quantitative estimate of drug-likeness (QED) is 0.808. The van der Waals surface area contributed by atoms with Gasteiger partial charge in [-0.25, -0.2) is 8.42 Å². The molecule has 6 heteroatoms. The summed E-state index contributed by atoms with van der Waals surface area (Å²) in [6, 6.07) is 11.0. The molecule has 0 aromatic heterocycles. The van der Waals surface area contributed by atoms with E-state index in [4.69, 9.17) is 0 Å². The van der Waals surface area contributed by atoms with E-state index in [1.54, 1.807) is 17.0 Å². The normalized spacial score (nSPS) is 15.0. The van der Waals surface area contributed by atoms with Crippen molar-refractivity contribution in [2.75, 3.05) is 23.9 Å². The van der Waals surface area contributed by atoms with Crippen LogP contribution in [0, 0.1) is 0 Å². The van der Waals surface area contributed by atoms with Crippen molar-refractivity contribution < 1.29 is 13.2 Å². The number of amides is 1. The molecule has 1 amide bonds. The van der Waals surface area contributed by atoms with Gasteiger partial charge in [0.2, 0.25) is 5.91 Å². The standard InChI is InChI=1S/C18H22N2O3S/c1-3-19(4-2)17(21)12-7-13-20-15-10-5-8-14-9-6-11-16(18(14)15)24(20,22)23/h5-6,8-11H,3-4,7,12-13H2,1-2H3. The average molecular weight is 346 g/mol. The van der Waals surface area contributed by atoms with Crippen LogP contribution in [0.5, 0.6) is 0 Å². The highest BCUT2D eigenvalue weighted by molar-refractivity contribution is 7.93. The number of hydrogen-bond acceptors (Lipinski definition) is 3. The van der Waals surface area contributed by atoms with E-state index in [9.17, 15) is 13.2 Å². The Morgan fingerprint density at radius 1 is 1.08 bits per heavy atom. The van der Waals surface area contributed by atoms with E-state index in [0.717, 1.165) is 16.5 Å². The second-order valence-electron chi connectivity index (χ2n) is 5.88. The summed E-state index contributed by atoms with van der Waals surface area (Å²) in [5, 5.41) is 1.71. The minimum absolute atomic E-state index is 0.0762. The SMILES string of the molecule is CCN(CC)C(=O)CCCN1c2cccc3cccc(c23)S1(=O)=O. The lowest BCUT2D eigenvalue weighted by atomic mass is 10.1. The number of carbonyl (C=O) groups excluding carboxylic acids is 1. The second kappa shape index (κ2) is 6.43. The zero-order chi connectivity index (χ0) is 17.3. The van der Waals surface area contributed by atoms with Crippen molar-refractivity contribution in [2.45, 2.75) is 31.6 Å². The lowest BCUT2D eigenvalue weighted by Crippen LogP contribution is -2.32. The van der Waals surface area contributed by atoms with Crippen molar-refractivity contribution in [3.63, 3.8) is 0 Å². The Hall–Kier alpha value is -2.08. The summed E-state index contributed by atoms with van der Waals surface area (Å²) in [5.74, 6) is 0.0762. The molecule has 0 saturated heterocycles. The fourth-order valence-corrected chi connectivity index (χ4v) is 5.06. The van der Waals surface area contributed by atoms with Gasteiger partial charge in [0.15, 0.2) is 0 Å². The summed E-state index contributed by atoms with van der Waals surface area (Å²) < 4.78 is 27.1. The van der Waals surface area contributed by atoms with E-state index in [1.807, 2.05) is 38.1 Å². The van der Waals surface area contributed by atoms with E-state index in [1.165, 1.54) is 4.31 Å². The molecule has 0 atom stereocenters. The van der Waals surface area contributed by atoms with Gasteiger partial charge in [0.1, 0.15) is 0 Å². The Labute approximate surface area is 142 Å². The van der Waals surface area contributed by atoms with Crippen molar-refractivity contribution in [3.8, 4) is 0 Å². The van der Waals surface area contributed by atoms with E-state index in [0.29, 0.717) is 37.4 Å². The molecule has 0 N–H and O–H groups in total. The van der Waals surface area contributed by atoms with Crippen LogP contribution in [-0.4, -0.2) is 38.9 Å². The molecule has 128 valence electrons. The van der Waals surface area contributed by atoms with Crippen LogP contribution in [0.3, 0.4) is 0 Å². The zero-order valence-corrected chi connectivity index (χ0v) is 14.8. The van der Waals surface area contributed by atoms with Crippen molar-refractivity contribution in [1.29, 1.82) is 0 Å². The first-order chi connectivity index (χ1) is 11.5. The third-order valence-corrected chi connectivity index (χ3v) is 6.40. The van der Waals surface area contributed by atoms with Gasteiger partial charge in [-0.05, 0) is 37.8 Å². The molecular weight excluding hydrogens is 324 g/mol. The second-order valence-corrected chi connectivity index (χ2v) is 7.71. The summed E-state index contributed by atoms with van der Waals surface area (Å²) >= 11 is 0. The number of nitrogens with zero attached hydrogens (tertiary/aromatic N) is 2. The molecule has 0 spiro atoms. The van der Waals surface area contributed by atoms with Crippen molar-refractivity contribution in [1.82, 2.24) is 4.90 Å². The Balaban J connectivity index is 1.81. The number of benzene rings is 2. The first-order valence-corrected chi connectivity index (χ1v) is 9.77. The maximum Gasteiger partial charge on any atom is 0.265 e. The van der Waals surface area contributed by atoms with E-state index < -0.39 is 10.0 Å². The lowest BCUT2D eigenvalue weighted by molar-refractivity contribution is -0.130. The fourth-order valence-electron chi connectivity index (χ4n) is 3.31. The number of carbonyl (C=O) groups is 1. The van der Waals surface area contributed by atoms with Crippen LogP contribution in [-0.2, 0) is 14.8 Å². The monoisotopic (exact) mass is 346 g/mol. The molecule has 24 heavy (non-hydrogen) atoms. The Morgan fingerprint density at radius 3 is 2.42 bits per heavy atom. The van der Waals surface area contributed by atoms with Crippen LogP contribution >= 0.6 is 0 Å². The number of sulfonamides is 1. The van der Waals surface area contributed by atoms with Crippen LogP contribution < -0.4 is 4.31 Å². The Bertz CT molecular complexity index is 868. The largest absolute Gasteiger partial charge is 0.343 e. The molecule has 0 saturated carbocycles. The third kappa shape index (κ3) is 2.65. The van der Waals surface area contributed by atoms with E-state index in [-0.39, 0.29) is 5.91 Å². The first kappa shape index (κ1) is 16.8. The maximum absolute atomic E-state index is 12.8.